The first-order valence-electron chi connectivity index (χ1n) is 3.74. The maximum Gasteiger partial charge on any atom is 0.572 e. The Bertz CT molecular complexity index is 167. The molecule has 0 saturated carbocycles. The molecule has 0 unspecified atom stereocenters. The third-order valence-corrected chi connectivity index (χ3v) is 0.910. The first-order valence-corrected chi connectivity index (χ1v) is 3.74. The second kappa shape index (κ2) is 4.50. The number of hydrogen-bond donors (Lipinski definition) is 0. The molecule has 0 N–H and O–H groups in total. The van der Waals surface area contributed by atoms with Crippen LogP contribution in [-0.2, 0) is 9.47 Å². The Balaban J connectivity index is 3.55. The highest BCUT2D eigenvalue weighted by Gasteiger charge is 2.28. The van der Waals surface area contributed by atoms with E-state index in [2.05, 4.69) is 4.74 Å². The molecule has 0 aliphatic heterocycles. The first-order chi connectivity index (χ1) is 5.71. The third-order valence-electron chi connectivity index (χ3n) is 0.910. The first kappa shape index (κ1) is 12.3. The molecule has 13 heavy (non-hydrogen) atoms. The minimum Gasteiger partial charge on any atom is -0.414 e. The zero-order chi connectivity index (χ0) is 10.5. The summed E-state index contributed by atoms with van der Waals surface area (Å²) in [6.45, 7) is 5.53. The molecule has 0 aliphatic carbocycles. The summed E-state index contributed by atoms with van der Waals surface area (Å²) in [5.41, 5.74) is -0.359. The van der Waals surface area contributed by atoms with Gasteiger partial charge in [0.25, 0.3) is 0 Å². The topological polar surface area (TPSA) is 18.5 Å². The minimum absolute atomic E-state index is 0.0968. The SMILES string of the molecule is CC(C)(C)OCC=COC(F)(F)F. The van der Waals surface area contributed by atoms with Gasteiger partial charge in [-0.15, -0.1) is 13.2 Å². The van der Waals surface area contributed by atoms with Crippen molar-refractivity contribution in [3.8, 4) is 0 Å². The maximum absolute atomic E-state index is 11.4. The monoisotopic (exact) mass is 198 g/mol. The van der Waals surface area contributed by atoms with E-state index >= 15 is 0 Å². The van der Waals surface area contributed by atoms with Gasteiger partial charge >= 0.3 is 6.36 Å². The zero-order valence-electron chi connectivity index (χ0n) is 7.81. The lowest BCUT2D eigenvalue weighted by Crippen LogP contribution is -2.19. The van der Waals surface area contributed by atoms with Crippen LogP contribution in [0.25, 0.3) is 0 Å². The van der Waals surface area contributed by atoms with Crippen LogP contribution in [0.3, 0.4) is 0 Å². The molecule has 0 aliphatic rings. The second-order valence-corrected chi connectivity index (χ2v) is 3.36. The molecule has 78 valence electrons. The Morgan fingerprint density at radius 3 is 2.08 bits per heavy atom. The molecular formula is C8H13F3O2. The number of rotatable bonds is 3. The Labute approximate surface area is 75.3 Å². The average molecular weight is 198 g/mol. The van der Waals surface area contributed by atoms with Crippen molar-refractivity contribution in [1.29, 1.82) is 0 Å². The zero-order valence-corrected chi connectivity index (χ0v) is 7.81. The molecule has 2 nitrogen and oxygen atoms in total. The van der Waals surface area contributed by atoms with Gasteiger partial charge in [-0.05, 0) is 26.8 Å². The fraction of sp³-hybridized carbons (Fsp3) is 0.750. The van der Waals surface area contributed by atoms with E-state index < -0.39 is 6.36 Å². The summed E-state index contributed by atoms with van der Waals surface area (Å²) in [4.78, 5) is 0. The summed E-state index contributed by atoms with van der Waals surface area (Å²) >= 11 is 0. The molecule has 0 radical (unpaired) electrons. The van der Waals surface area contributed by atoms with E-state index in [4.69, 9.17) is 4.74 Å². The van der Waals surface area contributed by atoms with Crippen LogP contribution < -0.4 is 0 Å². The molecule has 0 bridgehead atoms. The highest BCUT2D eigenvalue weighted by Crippen LogP contribution is 2.16. The second-order valence-electron chi connectivity index (χ2n) is 3.36. The van der Waals surface area contributed by atoms with Gasteiger partial charge in [0.1, 0.15) is 0 Å². The van der Waals surface area contributed by atoms with Crippen LogP contribution in [0, 0.1) is 0 Å². The Hall–Kier alpha value is -0.710. The smallest absolute Gasteiger partial charge is 0.414 e. The van der Waals surface area contributed by atoms with Crippen LogP contribution in [0.4, 0.5) is 13.2 Å². The molecule has 0 fully saturated rings. The van der Waals surface area contributed by atoms with E-state index in [0.717, 1.165) is 0 Å². The van der Waals surface area contributed by atoms with Crippen molar-refractivity contribution < 1.29 is 22.6 Å². The summed E-state index contributed by atoms with van der Waals surface area (Å²) in [7, 11) is 0. The van der Waals surface area contributed by atoms with Gasteiger partial charge in [-0.2, -0.15) is 0 Å². The van der Waals surface area contributed by atoms with Crippen LogP contribution >= 0.6 is 0 Å². The van der Waals surface area contributed by atoms with Crippen LogP contribution in [0.1, 0.15) is 20.8 Å². The molecule has 0 spiro atoms. The van der Waals surface area contributed by atoms with Gasteiger partial charge in [0.15, 0.2) is 0 Å². The van der Waals surface area contributed by atoms with Gasteiger partial charge in [-0.3, -0.25) is 0 Å². The number of hydrogen-bond acceptors (Lipinski definition) is 2. The van der Waals surface area contributed by atoms with E-state index in [-0.39, 0.29) is 12.2 Å². The molecule has 0 amide bonds. The van der Waals surface area contributed by atoms with E-state index in [1.165, 1.54) is 6.08 Å². The van der Waals surface area contributed by atoms with Gasteiger partial charge in [-0.1, -0.05) is 0 Å². The fourth-order valence-corrected chi connectivity index (χ4v) is 0.463. The quantitative estimate of drug-likeness (QED) is 0.649. The molecule has 0 atom stereocenters. The molecule has 0 aromatic carbocycles. The van der Waals surface area contributed by atoms with Gasteiger partial charge in [0.05, 0.1) is 18.5 Å². The predicted molar refractivity (Wildman–Crippen MR) is 42.0 cm³/mol. The summed E-state index contributed by atoms with van der Waals surface area (Å²) < 4.78 is 42.7. The standard InChI is InChI=1S/C8H13F3O2/c1-7(2,3)12-5-4-6-13-8(9,10)11/h4,6H,5H2,1-3H3. The Morgan fingerprint density at radius 2 is 1.69 bits per heavy atom. The van der Waals surface area contributed by atoms with E-state index in [1.54, 1.807) is 0 Å². The highest BCUT2D eigenvalue weighted by atomic mass is 19.4. The molecule has 0 heterocycles. The molecule has 0 rings (SSSR count). The molecular weight excluding hydrogens is 185 g/mol. The van der Waals surface area contributed by atoms with Crippen molar-refractivity contribution in [2.75, 3.05) is 6.61 Å². The lowest BCUT2D eigenvalue weighted by atomic mass is 10.2. The fourth-order valence-electron chi connectivity index (χ4n) is 0.463. The highest BCUT2D eigenvalue weighted by molar-refractivity contribution is 4.75. The third kappa shape index (κ3) is 11.3. The minimum atomic E-state index is -4.61. The van der Waals surface area contributed by atoms with Crippen molar-refractivity contribution >= 4 is 0 Å². The predicted octanol–water partition coefficient (Wildman–Crippen LogP) is 2.85. The van der Waals surface area contributed by atoms with Crippen LogP contribution in [0.5, 0.6) is 0 Å². The van der Waals surface area contributed by atoms with Gasteiger partial charge in [-0.25, -0.2) is 0 Å². The lowest BCUT2D eigenvalue weighted by molar-refractivity contribution is -0.298. The van der Waals surface area contributed by atoms with Crippen molar-refractivity contribution in [3.63, 3.8) is 0 Å². The van der Waals surface area contributed by atoms with Gasteiger partial charge in [0, 0.05) is 0 Å². The Morgan fingerprint density at radius 1 is 1.15 bits per heavy atom. The van der Waals surface area contributed by atoms with Gasteiger partial charge in [0.2, 0.25) is 0 Å². The summed E-state index contributed by atoms with van der Waals surface area (Å²) in [6, 6.07) is 0. The lowest BCUT2D eigenvalue weighted by Gasteiger charge is -2.17. The summed E-state index contributed by atoms with van der Waals surface area (Å²) in [5, 5.41) is 0. The maximum atomic E-state index is 11.4. The van der Waals surface area contributed by atoms with Crippen molar-refractivity contribution in [1.82, 2.24) is 0 Å². The van der Waals surface area contributed by atoms with Crippen molar-refractivity contribution in [3.05, 3.63) is 12.3 Å². The molecule has 0 saturated heterocycles. The van der Waals surface area contributed by atoms with Gasteiger partial charge < -0.3 is 9.47 Å². The van der Waals surface area contributed by atoms with Crippen LogP contribution in [-0.4, -0.2) is 18.6 Å². The van der Waals surface area contributed by atoms with Crippen molar-refractivity contribution in [2.45, 2.75) is 32.7 Å². The van der Waals surface area contributed by atoms with Crippen LogP contribution in [0.15, 0.2) is 12.3 Å². The normalized spacial score (nSPS) is 13.7. The molecule has 5 heteroatoms. The van der Waals surface area contributed by atoms with E-state index in [1.807, 2.05) is 20.8 Å². The van der Waals surface area contributed by atoms with E-state index in [9.17, 15) is 13.2 Å². The van der Waals surface area contributed by atoms with Crippen LogP contribution in [0.2, 0.25) is 0 Å². The number of ether oxygens (including phenoxy) is 2. The van der Waals surface area contributed by atoms with E-state index in [0.29, 0.717) is 6.26 Å². The molecule has 0 aromatic rings. The Kier molecular flexibility index (Phi) is 4.26. The van der Waals surface area contributed by atoms with Crippen molar-refractivity contribution in [2.24, 2.45) is 0 Å². The largest absolute Gasteiger partial charge is 0.572 e. The summed E-state index contributed by atoms with van der Waals surface area (Å²) in [6.07, 6.45) is -2.87. The number of halogens is 3. The molecule has 0 aromatic heterocycles. The number of alkyl halides is 3. The average Bonchev–Trinajstić information content (AvgIpc) is 1.81. The summed E-state index contributed by atoms with van der Waals surface area (Å²) in [5.74, 6) is 0.